The van der Waals surface area contributed by atoms with Crippen molar-refractivity contribution < 1.29 is 68.3 Å². The van der Waals surface area contributed by atoms with Crippen molar-refractivity contribution >= 4 is 23.3 Å². The van der Waals surface area contributed by atoms with Crippen LogP contribution in [0.3, 0.4) is 0 Å². The number of carbonyl (C=O) groups is 1. The van der Waals surface area contributed by atoms with E-state index < -0.39 is 102 Å². The maximum atomic E-state index is 14.3. The molecule has 0 aromatic heterocycles. The number of likely N-dealkylation sites (N-methyl/N-ethyl adjacent to an activating group) is 1. The molecule has 0 radical (unpaired) electrons. The largest absolute Gasteiger partial charge is 0.459 e. The lowest BCUT2D eigenvalue weighted by Crippen LogP contribution is -2.61. The number of hydrogen-bond acceptors (Lipinski definition) is 16. The zero-order valence-electron chi connectivity index (χ0n) is 36.3. The molecule has 3 rings (SSSR count). The smallest absolute Gasteiger partial charge is 0.311 e. The highest BCUT2D eigenvalue weighted by atomic mass is 35.5. The van der Waals surface area contributed by atoms with Gasteiger partial charge in [-0.2, -0.15) is 0 Å². The van der Waals surface area contributed by atoms with Gasteiger partial charge in [0.15, 0.2) is 12.6 Å². The Kier molecular flexibility index (Phi) is 18.5. The maximum absolute atomic E-state index is 14.3. The summed E-state index contributed by atoms with van der Waals surface area (Å²) in [7, 11) is 5.21. The molecule has 0 aromatic carbocycles. The van der Waals surface area contributed by atoms with Crippen LogP contribution in [0.1, 0.15) is 94.9 Å². The summed E-state index contributed by atoms with van der Waals surface area (Å²) in [5, 5.41) is 63.4. The highest BCUT2D eigenvalue weighted by Crippen LogP contribution is 2.41. The van der Waals surface area contributed by atoms with E-state index in [2.05, 4.69) is 5.16 Å². The van der Waals surface area contributed by atoms with E-state index in [-0.39, 0.29) is 50.7 Å². The first-order valence-corrected chi connectivity index (χ1v) is 20.9. The van der Waals surface area contributed by atoms with Gasteiger partial charge in [-0.15, -0.1) is 11.6 Å². The second-order valence-corrected chi connectivity index (χ2v) is 17.8. The lowest BCUT2D eigenvalue weighted by atomic mass is 9.73. The Morgan fingerprint density at radius 2 is 1.60 bits per heavy atom. The number of oxime groups is 1. The molecule has 0 spiro atoms. The number of nitrogens with zero attached hydrogens (tertiary/aromatic N) is 2. The number of ether oxygens (including phenoxy) is 7. The Labute approximate surface area is 344 Å². The van der Waals surface area contributed by atoms with E-state index in [0.717, 1.165) is 0 Å². The lowest BCUT2D eigenvalue weighted by molar-refractivity contribution is -0.317. The number of aliphatic hydroxyl groups is 5. The van der Waals surface area contributed by atoms with Crippen LogP contribution in [0.25, 0.3) is 0 Å². The molecule has 16 nitrogen and oxygen atoms in total. The topological polar surface area (TPSA) is 208 Å². The molecule has 3 heterocycles. The van der Waals surface area contributed by atoms with Crippen LogP contribution in [0.4, 0.5) is 0 Å². The van der Waals surface area contributed by atoms with Crippen molar-refractivity contribution in [2.75, 3.05) is 40.5 Å². The van der Waals surface area contributed by atoms with Crippen molar-refractivity contribution in [3.05, 3.63) is 0 Å². The molecule has 0 aliphatic carbocycles. The fourth-order valence-electron chi connectivity index (χ4n) is 8.85. The van der Waals surface area contributed by atoms with Gasteiger partial charge in [0.25, 0.3) is 0 Å². The molecule has 334 valence electrons. The van der Waals surface area contributed by atoms with Crippen LogP contribution in [0.2, 0.25) is 0 Å². The summed E-state index contributed by atoms with van der Waals surface area (Å²) in [6.07, 6.45) is -9.50. The molecule has 0 aromatic rings. The van der Waals surface area contributed by atoms with E-state index in [1.54, 1.807) is 55.4 Å². The molecule has 0 amide bonds. The number of hydrogen-bond donors (Lipinski definition) is 5. The predicted molar refractivity (Wildman–Crippen MR) is 211 cm³/mol. The molecule has 3 aliphatic rings. The Balaban J connectivity index is 2.23. The first-order chi connectivity index (χ1) is 26.5. The van der Waals surface area contributed by atoms with Crippen LogP contribution in [0.5, 0.6) is 0 Å². The van der Waals surface area contributed by atoms with Crippen LogP contribution in [-0.4, -0.2) is 167 Å². The molecule has 0 saturated carbocycles. The zero-order valence-corrected chi connectivity index (χ0v) is 37.0. The van der Waals surface area contributed by atoms with E-state index >= 15 is 0 Å². The second-order valence-electron chi connectivity index (χ2n) is 17.4. The Morgan fingerprint density at radius 3 is 2.18 bits per heavy atom. The average Bonchev–Trinajstić information content (AvgIpc) is 3.14. The molecule has 18 atom stereocenters. The van der Waals surface area contributed by atoms with Gasteiger partial charge in [0.1, 0.15) is 23.9 Å². The van der Waals surface area contributed by atoms with Crippen molar-refractivity contribution in [2.45, 2.75) is 179 Å². The highest BCUT2D eigenvalue weighted by Gasteiger charge is 2.53. The van der Waals surface area contributed by atoms with Gasteiger partial charge in [-0.1, -0.05) is 32.9 Å². The van der Waals surface area contributed by atoms with Gasteiger partial charge in [-0.25, -0.2) is 0 Å². The fraction of sp³-hybridized carbons (Fsp3) is 0.950. The summed E-state index contributed by atoms with van der Waals surface area (Å²) < 4.78 is 43.0. The third-order valence-electron chi connectivity index (χ3n) is 12.4. The molecule has 57 heavy (non-hydrogen) atoms. The molecule has 17 heteroatoms. The van der Waals surface area contributed by atoms with Crippen molar-refractivity contribution in [2.24, 2.45) is 28.8 Å². The van der Waals surface area contributed by atoms with E-state index in [0.29, 0.717) is 12.1 Å². The number of cyclic esters (lactones) is 1. The third-order valence-corrected chi connectivity index (χ3v) is 12.5. The second kappa shape index (κ2) is 21.0. The standard InChI is InChI=1S/C40H73ClN2O14/c1-14-28-40(10,49)33(45)23(4)30(42-52-20-51-16-15-41)21(2)18-38(8,48)35(57-37-31(44)27(43(11)12)17-22(3)53-37)24(5)32(25(6)36(47)55-28)56-29-19-39(9,50-13)34(46)26(7)54-29/h21-29,31-35,37,44-46,48-49H,14-20H2,1-13H3/b42-30+/t21-,22-,23+,24+,25-,26+,27+,28?,29+,31-,32?,33-,34+,35-,37+,38-,39-,40-/m1/s1. The number of methoxy groups -OCH3 is 1. The minimum absolute atomic E-state index is 0.0327. The number of aliphatic hydroxyl groups excluding tert-OH is 3. The van der Waals surface area contributed by atoms with Gasteiger partial charge in [-0.3, -0.25) is 4.79 Å². The molecule has 3 saturated heterocycles. The molecule has 3 aliphatic heterocycles. The quantitative estimate of drug-likeness (QED) is 0.0630. The van der Waals surface area contributed by atoms with E-state index in [1.165, 1.54) is 14.0 Å². The molecule has 0 bridgehead atoms. The van der Waals surface area contributed by atoms with Gasteiger partial charge >= 0.3 is 5.97 Å². The van der Waals surface area contributed by atoms with Gasteiger partial charge < -0.3 is 68.4 Å². The molecular weight excluding hydrogens is 768 g/mol. The number of carbonyl (C=O) groups excluding carboxylic acids is 1. The Hall–Kier alpha value is -1.25. The molecular formula is C40H73ClN2O14. The summed E-state index contributed by atoms with van der Waals surface area (Å²) in [5.74, 6) is -3.90. The number of esters is 1. The van der Waals surface area contributed by atoms with Crippen LogP contribution in [0.15, 0.2) is 5.16 Å². The predicted octanol–water partition coefficient (Wildman–Crippen LogP) is 2.80. The Bertz CT molecular complexity index is 1290. The monoisotopic (exact) mass is 840 g/mol. The van der Waals surface area contributed by atoms with Gasteiger partial charge in [-0.05, 0) is 74.9 Å². The number of rotatable bonds is 12. The van der Waals surface area contributed by atoms with Crippen LogP contribution in [0, 0.1) is 23.7 Å². The summed E-state index contributed by atoms with van der Waals surface area (Å²) in [6, 6.07) is -0.328. The van der Waals surface area contributed by atoms with Crippen LogP contribution >= 0.6 is 11.6 Å². The van der Waals surface area contributed by atoms with Gasteiger partial charge in [0.05, 0.1) is 60.0 Å². The normalized spacial score (nSPS) is 46.4. The SMILES string of the molecule is CCC1OC(=O)[C@H](C)C(O[C@H]2C[C@@](C)(OC)[C@@H](O)[C@H](C)O2)[C@H](C)[C@@H](O[C@@H]2O[C@H](C)C[C@H](N(C)C)[C@H]2O)[C@](C)(O)C[C@@H](C)/C(=N\OCOCCCl)[C@H](C)[C@@H](O)[C@]1(C)O. The summed E-state index contributed by atoms with van der Waals surface area (Å²) in [4.78, 5) is 21.7. The number of alkyl halides is 1. The minimum Gasteiger partial charge on any atom is -0.459 e. The first-order valence-electron chi connectivity index (χ1n) is 20.3. The summed E-state index contributed by atoms with van der Waals surface area (Å²) >= 11 is 5.75. The number of halogens is 1. The molecule has 3 fully saturated rings. The summed E-state index contributed by atoms with van der Waals surface area (Å²) in [5.41, 5.74) is -4.50. The Morgan fingerprint density at radius 1 is 0.947 bits per heavy atom. The third kappa shape index (κ3) is 12.0. The first kappa shape index (κ1) is 50.1. The fourth-order valence-corrected chi connectivity index (χ4v) is 8.95. The van der Waals surface area contributed by atoms with Crippen molar-refractivity contribution in [1.82, 2.24) is 4.90 Å². The maximum Gasteiger partial charge on any atom is 0.311 e. The molecule has 5 N–H and O–H groups in total. The van der Waals surface area contributed by atoms with E-state index in [4.69, 9.17) is 49.6 Å². The van der Waals surface area contributed by atoms with E-state index in [1.807, 2.05) is 25.9 Å². The lowest BCUT2D eigenvalue weighted by Gasteiger charge is -2.49. The van der Waals surface area contributed by atoms with Crippen molar-refractivity contribution in [3.63, 3.8) is 0 Å². The van der Waals surface area contributed by atoms with Gasteiger partial charge in [0, 0.05) is 43.2 Å². The van der Waals surface area contributed by atoms with Crippen LogP contribution < -0.4 is 0 Å². The highest BCUT2D eigenvalue weighted by molar-refractivity contribution is 6.17. The molecule has 2 unspecified atom stereocenters. The van der Waals surface area contributed by atoms with Gasteiger partial charge in [0.2, 0.25) is 6.79 Å². The zero-order chi connectivity index (χ0) is 43.2. The summed E-state index contributed by atoms with van der Waals surface area (Å²) in [6.45, 7) is 16.9. The van der Waals surface area contributed by atoms with Crippen molar-refractivity contribution in [3.8, 4) is 0 Å². The minimum atomic E-state index is -1.97. The van der Waals surface area contributed by atoms with Crippen molar-refractivity contribution in [1.29, 1.82) is 0 Å². The van der Waals surface area contributed by atoms with Crippen LogP contribution in [-0.2, 0) is 42.8 Å². The van der Waals surface area contributed by atoms with E-state index in [9.17, 15) is 30.3 Å². The average molecular weight is 841 g/mol.